The number of allylic oxidation sites excluding steroid dienone is 6. The lowest BCUT2D eigenvalue weighted by molar-refractivity contribution is 0.288. The molecule has 0 aliphatic heterocycles. The Kier molecular flexibility index (Phi) is 6.67. The van der Waals surface area contributed by atoms with Crippen molar-refractivity contribution < 1.29 is 0 Å². The molecule has 0 unspecified atom stereocenters. The van der Waals surface area contributed by atoms with Crippen LogP contribution in [0.4, 0.5) is 0 Å². The molecule has 0 heterocycles. The SMILES string of the molecule is C=C/C=C\C(C)(C)CCN(C)CC1=CCCC=CC1(C)C. The van der Waals surface area contributed by atoms with Crippen LogP contribution in [0.2, 0.25) is 0 Å². The average molecular weight is 287 g/mol. The van der Waals surface area contributed by atoms with Crippen molar-refractivity contribution in [3.63, 3.8) is 0 Å². The highest BCUT2D eigenvalue weighted by Crippen LogP contribution is 2.32. The Morgan fingerprint density at radius 3 is 2.71 bits per heavy atom. The van der Waals surface area contributed by atoms with Gasteiger partial charge in [-0.2, -0.15) is 0 Å². The van der Waals surface area contributed by atoms with Gasteiger partial charge >= 0.3 is 0 Å². The molecule has 0 radical (unpaired) electrons. The number of hydrogen-bond donors (Lipinski definition) is 0. The van der Waals surface area contributed by atoms with Gasteiger partial charge in [-0.25, -0.2) is 0 Å². The van der Waals surface area contributed by atoms with Gasteiger partial charge in [-0.15, -0.1) is 0 Å². The summed E-state index contributed by atoms with van der Waals surface area (Å²) >= 11 is 0. The molecule has 0 saturated carbocycles. The quantitative estimate of drug-likeness (QED) is 0.449. The first-order chi connectivity index (χ1) is 9.77. The zero-order valence-corrected chi connectivity index (χ0v) is 14.7. The van der Waals surface area contributed by atoms with Gasteiger partial charge in [-0.05, 0) is 38.3 Å². The Hall–Kier alpha value is -1.08. The van der Waals surface area contributed by atoms with E-state index < -0.39 is 0 Å². The Balaban J connectivity index is 2.55. The first kappa shape index (κ1) is 18.0. The van der Waals surface area contributed by atoms with Crippen molar-refractivity contribution in [2.24, 2.45) is 10.8 Å². The second kappa shape index (κ2) is 7.79. The third-order valence-electron chi connectivity index (χ3n) is 4.35. The third kappa shape index (κ3) is 6.48. The predicted octanol–water partition coefficient (Wildman–Crippen LogP) is 5.38. The summed E-state index contributed by atoms with van der Waals surface area (Å²) in [5, 5.41) is 0. The van der Waals surface area contributed by atoms with Crippen LogP contribution in [0.15, 0.2) is 48.6 Å². The molecule has 1 heteroatoms. The molecule has 118 valence electrons. The van der Waals surface area contributed by atoms with E-state index in [1.54, 1.807) is 5.57 Å². The Morgan fingerprint density at radius 1 is 1.33 bits per heavy atom. The molecule has 0 aromatic carbocycles. The van der Waals surface area contributed by atoms with Crippen LogP contribution in [0.3, 0.4) is 0 Å². The summed E-state index contributed by atoms with van der Waals surface area (Å²) in [6.45, 7) is 15.2. The van der Waals surface area contributed by atoms with Gasteiger partial charge in [0.25, 0.3) is 0 Å². The van der Waals surface area contributed by atoms with Crippen LogP contribution in [0.5, 0.6) is 0 Å². The summed E-state index contributed by atoms with van der Waals surface area (Å²) in [5.41, 5.74) is 1.98. The molecular weight excluding hydrogens is 254 g/mol. The van der Waals surface area contributed by atoms with Crippen molar-refractivity contribution in [1.82, 2.24) is 4.90 Å². The number of nitrogens with zero attached hydrogens (tertiary/aromatic N) is 1. The van der Waals surface area contributed by atoms with Gasteiger partial charge in [-0.1, -0.05) is 76.3 Å². The standard InChI is InChI=1S/C20H33N/c1-7-8-13-19(2,3)15-16-21(6)17-18-12-10-9-11-14-20(18,4)5/h7-8,11-14H,1,9-10,15-17H2,2-6H3/b13-8-. The predicted molar refractivity (Wildman–Crippen MR) is 95.5 cm³/mol. The minimum absolute atomic E-state index is 0.197. The fraction of sp³-hybridized carbons (Fsp3) is 0.600. The lowest BCUT2D eigenvalue weighted by Crippen LogP contribution is -2.29. The summed E-state index contributed by atoms with van der Waals surface area (Å²) in [7, 11) is 2.23. The van der Waals surface area contributed by atoms with E-state index >= 15 is 0 Å². The second-order valence-corrected chi connectivity index (χ2v) is 7.50. The molecule has 1 rings (SSSR count). The number of likely N-dealkylation sites (N-methyl/N-ethyl adjacent to an activating group) is 1. The van der Waals surface area contributed by atoms with Crippen molar-refractivity contribution in [2.45, 2.75) is 47.0 Å². The smallest absolute Gasteiger partial charge is 0.0198 e. The highest BCUT2D eigenvalue weighted by atomic mass is 15.1. The van der Waals surface area contributed by atoms with Gasteiger partial charge in [0.05, 0.1) is 0 Å². The molecule has 1 aliphatic rings. The molecule has 0 aromatic heterocycles. The largest absolute Gasteiger partial charge is 0.302 e. The van der Waals surface area contributed by atoms with E-state index in [-0.39, 0.29) is 10.8 Å². The van der Waals surface area contributed by atoms with Crippen LogP contribution in [-0.2, 0) is 0 Å². The minimum Gasteiger partial charge on any atom is -0.302 e. The molecule has 0 bridgehead atoms. The van der Waals surface area contributed by atoms with Gasteiger partial charge in [-0.3, -0.25) is 0 Å². The molecular formula is C20H33N. The van der Waals surface area contributed by atoms with Gasteiger partial charge in [0.2, 0.25) is 0 Å². The van der Waals surface area contributed by atoms with Crippen LogP contribution >= 0.6 is 0 Å². The molecule has 21 heavy (non-hydrogen) atoms. The maximum atomic E-state index is 3.75. The molecule has 0 aromatic rings. The number of rotatable bonds is 7. The molecule has 0 N–H and O–H groups in total. The van der Waals surface area contributed by atoms with Crippen molar-refractivity contribution in [2.75, 3.05) is 20.1 Å². The zero-order chi connectivity index (χ0) is 15.9. The van der Waals surface area contributed by atoms with E-state index in [0.717, 1.165) is 19.5 Å². The van der Waals surface area contributed by atoms with Crippen molar-refractivity contribution >= 4 is 0 Å². The van der Waals surface area contributed by atoms with Crippen LogP contribution in [0, 0.1) is 10.8 Å². The topological polar surface area (TPSA) is 3.24 Å². The van der Waals surface area contributed by atoms with Crippen LogP contribution in [-0.4, -0.2) is 25.0 Å². The van der Waals surface area contributed by atoms with E-state index in [4.69, 9.17) is 0 Å². The molecule has 0 amide bonds. The second-order valence-electron chi connectivity index (χ2n) is 7.50. The van der Waals surface area contributed by atoms with Gasteiger partial charge in [0, 0.05) is 12.0 Å². The fourth-order valence-electron chi connectivity index (χ4n) is 2.63. The van der Waals surface area contributed by atoms with Crippen LogP contribution in [0.1, 0.15) is 47.0 Å². The van der Waals surface area contributed by atoms with E-state index in [1.807, 2.05) is 6.08 Å². The average Bonchev–Trinajstić information content (AvgIpc) is 2.56. The highest BCUT2D eigenvalue weighted by Gasteiger charge is 2.22. The molecule has 0 spiro atoms. The summed E-state index contributed by atoms with van der Waals surface area (Å²) in [4.78, 5) is 2.45. The monoisotopic (exact) mass is 287 g/mol. The van der Waals surface area contributed by atoms with Crippen molar-refractivity contribution in [3.05, 3.63) is 48.6 Å². The maximum absolute atomic E-state index is 3.75. The molecule has 0 saturated heterocycles. The van der Waals surface area contributed by atoms with E-state index in [0.29, 0.717) is 0 Å². The molecule has 1 aliphatic carbocycles. The molecule has 0 atom stereocenters. The van der Waals surface area contributed by atoms with E-state index in [2.05, 4.69) is 76.6 Å². The van der Waals surface area contributed by atoms with Crippen molar-refractivity contribution in [3.8, 4) is 0 Å². The summed E-state index contributed by atoms with van der Waals surface area (Å²) in [6.07, 6.45) is 16.8. The molecule has 0 fully saturated rings. The van der Waals surface area contributed by atoms with Gasteiger partial charge < -0.3 is 4.90 Å². The zero-order valence-electron chi connectivity index (χ0n) is 14.7. The Labute approximate surface area is 132 Å². The Bertz CT molecular complexity index is 421. The van der Waals surface area contributed by atoms with E-state index in [9.17, 15) is 0 Å². The van der Waals surface area contributed by atoms with E-state index in [1.165, 1.54) is 12.8 Å². The number of hydrogen-bond acceptors (Lipinski definition) is 1. The van der Waals surface area contributed by atoms with Crippen LogP contribution < -0.4 is 0 Å². The minimum atomic E-state index is 0.197. The maximum Gasteiger partial charge on any atom is 0.0198 e. The summed E-state index contributed by atoms with van der Waals surface area (Å²) in [6, 6.07) is 0. The lowest BCUT2D eigenvalue weighted by atomic mass is 9.83. The van der Waals surface area contributed by atoms with Crippen molar-refractivity contribution in [1.29, 1.82) is 0 Å². The normalized spacial score (nSPS) is 18.9. The fourth-order valence-corrected chi connectivity index (χ4v) is 2.63. The lowest BCUT2D eigenvalue weighted by Gasteiger charge is -2.30. The first-order valence-corrected chi connectivity index (χ1v) is 8.13. The first-order valence-electron chi connectivity index (χ1n) is 8.13. The summed E-state index contributed by atoms with van der Waals surface area (Å²) in [5.74, 6) is 0. The van der Waals surface area contributed by atoms with Gasteiger partial charge in [0.1, 0.15) is 0 Å². The van der Waals surface area contributed by atoms with Gasteiger partial charge in [0.15, 0.2) is 0 Å². The Morgan fingerprint density at radius 2 is 2.05 bits per heavy atom. The van der Waals surface area contributed by atoms with Crippen LogP contribution in [0.25, 0.3) is 0 Å². The third-order valence-corrected chi connectivity index (χ3v) is 4.35. The summed E-state index contributed by atoms with van der Waals surface area (Å²) < 4.78 is 0. The molecule has 1 nitrogen and oxygen atoms in total. The highest BCUT2D eigenvalue weighted by molar-refractivity contribution is 5.23.